The zero-order chi connectivity index (χ0) is 24.2. The van der Waals surface area contributed by atoms with Crippen LogP contribution in [0.15, 0.2) is 48.5 Å². The predicted octanol–water partition coefficient (Wildman–Crippen LogP) is 3.92. The molecule has 1 saturated carbocycles. The molecule has 7 nitrogen and oxygen atoms in total. The molecule has 2 amide bonds. The Kier molecular flexibility index (Phi) is 7.09. The third kappa shape index (κ3) is 5.35. The van der Waals surface area contributed by atoms with Crippen LogP contribution < -0.4 is 10.6 Å². The van der Waals surface area contributed by atoms with Gasteiger partial charge in [0.2, 0.25) is 5.91 Å². The molecule has 2 aliphatic rings. The molecular weight excluding hydrogens is 446 g/mol. The molecule has 3 N–H and O–H groups in total. The van der Waals surface area contributed by atoms with Crippen molar-refractivity contribution in [1.29, 1.82) is 0 Å². The first-order valence-corrected chi connectivity index (χ1v) is 11.2. The van der Waals surface area contributed by atoms with Crippen LogP contribution in [0.1, 0.15) is 42.7 Å². The van der Waals surface area contributed by atoms with E-state index < -0.39 is 36.9 Å². The highest BCUT2D eigenvalue weighted by Crippen LogP contribution is 2.44. The van der Waals surface area contributed by atoms with E-state index in [4.69, 9.17) is 9.84 Å². The molecule has 1 atom stereocenters. The first-order valence-electron chi connectivity index (χ1n) is 11.2. The number of hydrogen-bond acceptors (Lipinski definition) is 4. The van der Waals surface area contributed by atoms with E-state index in [1.807, 2.05) is 36.4 Å². The molecule has 2 aromatic carbocycles. The van der Waals surface area contributed by atoms with E-state index in [0.717, 1.165) is 22.3 Å². The molecule has 2 aliphatic carbocycles. The maximum atomic E-state index is 12.9. The lowest BCUT2D eigenvalue weighted by molar-refractivity contribution is -0.139. The second-order valence-electron chi connectivity index (χ2n) is 8.81. The van der Waals surface area contributed by atoms with Crippen molar-refractivity contribution in [1.82, 2.24) is 10.6 Å². The Morgan fingerprint density at radius 3 is 2.15 bits per heavy atom. The van der Waals surface area contributed by atoms with E-state index in [9.17, 15) is 23.2 Å². The van der Waals surface area contributed by atoms with Crippen molar-refractivity contribution < 1.29 is 33.0 Å². The van der Waals surface area contributed by atoms with Crippen LogP contribution in [0.4, 0.5) is 13.6 Å². The fourth-order valence-electron chi connectivity index (χ4n) is 4.75. The molecule has 1 unspecified atom stereocenters. The minimum absolute atomic E-state index is 0.00566. The van der Waals surface area contributed by atoms with Crippen molar-refractivity contribution >= 4 is 18.0 Å². The molecule has 0 aromatic heterocycles. The summed E-state index contributed by atoms with van der Waals surface area (Å²) in [5.41, 5.74) is 4.53. The first kappa shape index (κ1) is 23.7. The van der Waals surface area contributed by atoms with E-state index in [1.54, 1.807) is 0 Å². The summed E-state index contributed by atoms with van der Waals surface area (Å²) in [6.07, 6.45) is -3.27. The number of rotatable bonds is 9. The number of carboxylic acid groups (broad SMARTS) is 1. The van der Waals surface area contributed by atoms with E-state index in [2.05, 4.69) is 22.8 Å². The third-order valence-electron chi connectivity index (χ3n) is 6.42. The van der Waals surface area contributed by atoms with Crippen molar-refractivity contribution in [2.24, 2.45) is 5.92 Å². The van der Waals surface area contributed by atoms with E-state index >= 15 is 0 Å². The number of alkyl carbamates (subject to hydrolysis) is 1. The number of nitrogens with one attached hydrogen (secondary N) is 2. The predicted molar refractivity (Wildman–Crippen MR) is 120 cm³/mol. The molecule has 180 valence electrons. The van der Waals surface area contributed by atoms with Crippen LogP contribution in [-0.2, 0) is 14.3 Å². The molecule has 34 heavy (non-hydrogen) atoms. The Bertz CT molecular complexity index is 1030. The Morgan fingerprint density at radius 1 is 1.00 bits per heavy atom. The van der Waals surface area contributed by atoms with Gasteiger partial charge < -0.3 is 20.5 Å². The van der Waals surface area contributed by atoms with E-state index in [-0.39, 0.29) is 30.9 Å². The van der Waals surface area contributed by atoms with Gasteiger partial charge in [-0.1, -0.05) is 48.5 Å². The summed E-state index contributed by atoms with van der Waals surface area (Å²) in [7, 11) is 0. The van der Waals surface area contributed by atoms with Gasteiger partial charge in [-0.3, -0.25) is 9.59 Å². The average molecular weight is 472 g/mol. The molecule has 0 radical (unpaired) electrons. The lowest BCUT2D eigenvalue weighted by Crippen LogP contribution is -2.47. The van der Waals surface area contributed by atoms with Crippen LogP contribution in [-0.4, -0.2) is 48.2 Å². The second-order valence-corrected chi connectivity index (χ2v) is 8.81. The van der Waals surface area contributed by atoms with Crippen LogP contribution >= 0.6 is 0 Å². The molecule has 0 spiro atoms. The molecule has 0 heterocycles. The fraction of sp³-hybridized carbons (Fsp3) is 0.400. The summed E-state index contributed by atoms with van der Waals surface area (Å²) in [5, 5.41) is 13.6. The number of benzene rings is 2. The van der Waals surface area contributed by atoms with Crippen LogP contribution in [0.3, 0.4) is 0 Å². The molecule has 1 fully saturated rings. The molecule has 2 aromatic rings. The van der Waals surface area contributed by atoms with Gasteiger partial charge in [0, 0.05) is 18.4 Å². The van der Waals surface area contributed by atoms with Gasteiger partial charge in [-0.25, -0.2) is 13.6 Å². The van der Waals surface area contributed by atoms with Gasteiger partial charge in [0.1, 0.15) is 12.6 Å². The molecule has 0 bridgehead atoms. The van der Waals surface area contributed by atoms with Crippen LogP contribution in [0, 0.1) is 5.92 Å². The van der Waals surface area contributed by atoms with Gasteiger partial charge in [-0.05, 0) is 41.0 Å². The zero-order valence-corrected chi connectivity index (χ0v) is 18.4. The van der Waals surface area contributed by atoms with Gasteiger partial charge >= 0.3 is 12.1 Å². The highest BCUT2D eigenvalue weighted by molar-refractivity contribution is 5.79. The largest absolute Gasteiger partial charge is 0.481 e. The number of amides is 2. The molecule has 9 heteroatoms. The summed E-state index contributed by atoms with van der Waals surface area (Å²) in [6.45, 7) is 0.205. The maximum absolute atomic E-state index is 12.9. The quantitative estimate of drug-likeness (QED) is 0.513. The normalized spacial score (nSPS) is 19.5. The number of alkyl halides is 2. The monoisotopic (exact) mass is 472 g/mol. The lowest BCUT2D eigenvalue weighted by Gasteiger charge is -2.35. The van der Waals surface area contributed by atoms with E-state index in [0.29, 0.717) is 12.8 Å². The molecule has 4 rings (SSSR count). The number of aliphatic carboxylic acids is 1. The van der Waals surface area contributed by atoms with Gasteiger partial charge in [0.15, 0.2) is 0 Å². The van der Waals surface area contributed by atoms with Gasteiger partial charge in [0.05, 0.1) is 6.42 Å². The standard InChI is InChI=1S/C25H26F2N2O5/c26-24(27)21(12-23(31)32)29-22(30)11-14-9-15(10-14)28-25(33)34-13-20-18-7-3-1-5-16(18)17-6-2-4-8-19(17)20/h1-8,14-15,20-21,24H,9-13H2,(H,28,33)(H,29,30)(H,31,32). The number of fused-ring (bicyclic) bond motifs is 3. The average Bonchev–Trinajstić information content (AvgIpc) is 3.09. The Labute approximate surface area is 195 Å². The van der Waals surface area contributed by atoms with Crippen LogP contribution in [0.5, 0.6) is 0 Å². The summed E-state index contributed by atoms with van der Waals surface area (Å²) in [6, 6.07) is 14.2. The lowest BCUT2D eigenvalue weighted by atomic mass is 9.78. The van der Waals surface area contributed by atoms with Crippen molar-refractivity contribution in [2.75, 3.05) is 6.61 Å². The van der Waals surface area contributed by atoms with Gasteiger partial charge in [-0.2, -0.15) is 0 Å². The summed E-state index contributed by atoms with van der Waals surface area (Å²) < 4.78 is 31.2. The summed E-state index contributed by atoms with van der Waals surface area (Å²) in [4.78, 5) is 35.0. The molecule has 0 saturated heterocycles. The number of hydrogen-bond donors (Lipinski definition) is 3. The Morgan fingerprint density at radius 2 is 1.59 bits per heavy atom. The number of carboxylic acids is 1. The zero-order valence-electron chi connectivity index (χ0n) is 18.4. The first-order chi connectivity index (χ1) is 16.3. The van der Waals surface area contributed by atoms with E-state index in [1.165, 1.54) is 0 Å². The third-order valence-corrected chi connectivity index (χ3v) is 6.42. The van der Waals surface area contributed by atoms with Gasteiger partial charge in [-0.15, -0.1) is 0 Å². The minimum Gasteiger partial charge on any atom is -0.481 e. The van der Waals surface area contributed by atoms with Crippen molar-refractivity contribution in [3.05, 3.63) is 59.7 Å². The topological polar surface area (TPSA) is 105 Å². The second kappa shape index (κ2) is 10.2. The molecular formula is C25H26F2N2O5. The Hall–Kier alpha value is -3.49. The number of carbonyl (C=O) groups is 3. The smallest absolute Gasteiger partial charge is 0.407 e. The van der Waals surface area contributed by atoms with Crippen LogP contribution in [0.2, 0.25) is 0 Å². The highest BCUT2D eigenvalue weighted by Gasteiger charge is 2.34. The Balaban J connectivity index is 1.21. The number of carbonyl (C=O) groups excluding carboxylic acids is 2. The van der Waals surface area contributed by atoms with Crippen molar-refractivity contribution in [3.63, 3.8) is 0 Å². The fourth-order valence-corrected chi connectivity index (χ4v) is 4.75. The van der Waals surface area contributed by atoms with Crippen molar-refractivity contribution in [2.45, 2.75) is 50.1 Å². The SMILES string of the molecule is O=C(O)CC(NC(=O)CC1CC(NC(=O)OCC2c3ccccc3-c3ccccc32)C1)C(F)F. The van der Waals surface area contributed by atoms with Gasteiger partial charge in [0.25, 0.3) is 6.43 Å². The maximum Gasteiger partial charge on any atom is 0.407 e. The molecule has 0 aliphatic heterocycles. The van der Waals surface area contributed by atoms with Crippen LogP contribution in [0.25, 0.3) is 11.1 Å². The summed E-state index contributed by atoms with van der Waals surface area (Å²) in [5.74, 6) is -2.12. The highest BCUT2D eigenvalue weighted by atomic mass is 19.3. The number of ether oxygens (including phenoxy) is 1. The summed E-state index contributed by atoms with van der Waals surface area (Å²) >= 11 is 0. The number of halogens is 2. The minimum atomic E-state index is -2.95. The van der Waals surface area contributed by atoms with Crippen molar-refractivity contribution in [3.8, 4) is 11.1 Å².